The largest absolute Gasteiger partial charge is 0.243 e. The minimum Gasteiger partial charge on any atom is -0.223 e. The molecule has 3 aromatic carbocycles. The van der Waals surface area contributed by atoms with Crippen LogP contribution in [0.3, 0.4) is 0 Å². The number of rotatable bonds is 6. The summed E-state index contributed by atoms with van der Waals surface area (Å²) in [5.74, 6) is 0. The number of nitrogens with zero attached hydrogens (tertiary/aromatic N) is 1. The van der Waals surface area contributed by atoms with Gasteiger partial charge < -0.3 is 0 Å². The number of piperidine rings is 1. The first-order valence-corrected chi connectivity index (χ1v) is 14.1. The molecule has 0 bridgehead atoms. The molecular formula is C26H29NO4S2. The van der Waals surface area contributed by atoms with Crippen LogP contribution in [-0.2, 0) is 26.3 Å². The van der Waals surface area contributed by atoms with Crippen LogP contribution in [0.2, 0.25) is 0 Å². The van der Waals surface area contributed by atoms with E-state index in [0.717, 1.165) is 16.7 Å². The van der Waals surface area contributed by atoms with E-state index in [1.165, 1.54) is 4.31 Å². The molecule has 0 N–H and O–H groups in total. The Bertz CT molecular complexity index is 1300. The SMILES string of the molecule is Cc1ccc(S(=O)(=O)C2CCN(S(=O)(=O)c3ccc(C)cc3)C(Cc3ccccc3)C2)cc1. The second-order valence-electron chi connectivity index (χ2n) is 8.78. The highest BCUT2D eigenvalue weighted by Gasteiger charge is 2.41. The van der Waals surface area contributed by atoms with Crippen LogP contribution in [0.1, 0.15) is 29.5 Å². The van der Waals surface area contributed by atoms with E-state index < -0.39 is 31.2 Å². The fourth-order valence-corrected chi connectivity index (χ4v) is 7.87. The van der Waals surface area contributed by atoms with Crippen LogP contribution in [0.5, 0.6) is 0 Å². The van der Waals surface area contributed by atoms with Crippen LogP contribution >= 0.6 is 0 Å². The topological polar surface area (TPSA) is 71.5 Å². The summed E-state index contributed by atoms with van der Waals surface area (Å²) < 4.78 is 55.4. The van der Waals surface area contributed by atoms with Gasteiger partial charge in [0, 0.05) is 12.6 Å². The van der Waals surface area contributed by atoms with Crippen molar-refractivity contribution in [2.45, 2.75) is 54.2 Å². The molecule has 0 aliphatic carbocycles. The van der Waals surface area contributed by atoms with Crippen LogP contribution in [0.4, 0.5) is 0 Å². The molecule has 0 amide bonds. The molecule has 0 radical (unpaired) electrons. The van der Waals surface area contributed by atoms with Crippen molar-refractivity contribution in [2.24, 2.45) is 0 Å². The lowest BCUT2D eigenvalue weighted by Gasteiger charge is -2.38. The molecule has 1 saturated heterocycles. The monoisotopic (exact) mass is 483 g/mol. The van der Waals surface area contributed by atoms with Gasteiger partial charge in [-0.15, -0.1) is 0 Å². The molecule has 1 aliphatic rings. The van der Waals surface area contributed by atoms with Crippen molar-refractivity contribution in [3.8, 4) is 0 Å². The van der Waals surface area contributed by atoms with Gasteiger partial charge in [0.05, 0.1) is 15.0 Å². The van der Waals surface area contributed by atoms with Crippen LogP contribution in [-0.4, -0.2) is 39.0 Å². The van der Waals surface area contributed by atoms with Gasteiger partial charge in [-0.2, -0.15) is 4.31 Å². The van der Waals surface area contributed by atoms with Crippen molar-refractivity contribution >= 4 is 19.9 Å². The minimum atomic E-state index is -3.75. The molecule has 3 aromatic rings. The molecule has 0 spiro atoms. The lowest BCUT2D eigenvalue weighted by atomic mass is 9.97. The molecular weight excluding hydrogens is 454 g/mol. The predicted molar refractivity (Wildman–Crippen MR) is 130 cm³/mol. The van der Waals surface area contributed by atoms with E-state index in [9.17, 15) is 16.8 Å². The van der Waals surface area contributed by atoms with E-state index >= 15 is 0 Å². The van der Waals surface area contributed by atoms with E-state index in [-0.39, 0.29) is 24.3 Å². The van der Waals surface area contributed by atoms with Gasteiger partial charge in [-0.05, 0) is 62.9 Å². The maximum atomic E-state index is 13.5. The summed E-state index contributed by atoms with van der Waals surface area (Å²) in [5.41, 5.74) is 2.97. The highest BCUT2D eigenvalue weighted by Crippen LogP contribution is 2.33. The van der Waals surface area contributed by atoms with Crippen molar-refractivity contribution in [2.75, 3.05) is 6.54 Å². The average molecular weight is 484 g/mol. The lowest BCUT2D eigenvalue weighted by molar-refractivity contribution is 0.252. The van der Waals surface area contributed by atoms with Crippen LogP contribution in [0, 0.1) is 13.8 Å². The van der Waals surface area contributed by atoms with Gasteiger partial charge in [-0.25, -0.2) is 16.8 Å². The Labute approximate surface area is 197 Å². The molecule has 5 nitrogen and oxygen atoms in total. The molecule has 0 aromatic heterocycles. The van der Waals surface area contributed by atoms with E-state index in [1.807, 2.05) is 44.2 Å². The number of hydrogen-bond donors (Lipinski definition) is 0. The maximum absolute atomic E-state index is 13.5. The number of sulfone groups is 1. The van der Waals surface area contributed by atoms with Crippen molar-refractivity contribution in [3.63, 3.8) is 0 Å². The van der Waals surface area contributed by atoms with Crippen molar-refractivity contribution in [3.05, 3.63) is 95.6 Å². The summed E-state index contributed by atoms with van der Waals surface area (Å²) in [6, 6.07) is 22.9. The summed E-state index contributed by atoms with van der Waals surface area (Å²) in [5, 5.41) is -0.626. The second kappa shape index (κ2) is 9.41. The van der Waals surface area contributed by atoms with Gasteiger partial charge in [0.2, 0.25) is 10.0 Å². The molecule has 1 heterocycles. The van der Waals surface area contributed by atoms with Crippen molar-refractivity contribution in [1.82, 2.24) is 4.31 Å². The highest BCUT2D eigenvalue weighted by atomic mass is 32.2. The molecule has 1 fully saturated rings. The highest BCUT2D eigenvalue weighted by molar-refractivity contribution is 7.92. The Morgan fingerprint density at radius 1 is 0.758 bits per heavy atom. The molecule has 4 rings (SSSR count). The Balaban J connectivity index is 1.67. The number of sulfonamides is 1. The molecule has 1 aliphatic heterocycles. The molecule has 2 atom stereocenters. The van der Waals surface area contributed by atoms with Crippen LogP contribution < -0.4 is 0 Å². The van der Waals surface area contributed by atoms with E-state index in [4.69, 9.17) is 0 Å². The third-order valence-electron chi connectivity index (χ3n) is 6.34. The molecule has 2 unspecified atom stereocenters. The number of benzene rings is 3. The van der Waals surface area contributed by atoms with Gasteiger partial charge in [-0.3, -0.25) is 0 Å². The van der Waals surface area contributed by atoms with E-state index in [2.05, 4.69) is 0 Å². The summed E-state index contributed by atoms with van der Waals surface area (Å²) in [4.78, 5) is 0.539. The first-order valence-electron chi connectivity index (χ1n) is 11.1. The molecule has 174 valence electrons. The first kappa shape index (κ1) is 23.7. The normalized spacial score (nSPS) is 19.9. The Morgan fingerprint density at radius 3 is 1.88 bits per heavy atom. The summed E-state index contributed by atoms with van der Waals surface area (Å²) in [6.07, 6.45) is 0.995. The number of hydrogen-bond acceptors (Lipinski definition) is 4. The summed E-state index contributed by atoms with van der Waals surface area (Å²) in [6.45, 7) is 4.00. The van der Waals surface area contributed by atoms with Gasteiger partial charge in [0.25, 0.3) is 0 Å². The van der Waals surface area contributed by atoms with E-state index in [1.54, 1.807) is 48.5 Å². The maximum Gasteiger partial charge on any atom is 0.243 e. The smallest absolute Gasteiger partial charge is 0.223 e. The van der Waals surface area contributed by atoms with Crippen LogP contribution in [0.25, 0.3) is 0 Å². The van der Waals surface area contributed by atoms with Gasteiger partial charge in [0.15, 0.2) is 9.84 Å². The molecule has 0 saturated carbocycles. The third kappa shape index (κ3) is 5.05. The number of aryl methyl sites for hydroxylation is 2. The van der Waals surface area contributed by atoms with Crippen LogP contribution in [0.15, 0.2) is 88.7 Å². The zero-order valence-corrected chi connectivity index (χ0v) is 20.5. The zero-order valence-electron chi connectivity index (χ0n) is 18.9. The van der Waals surface area contributed by atoms with Crippen molar-refractivity contribution in [1.29, 1.82) is 0 Å². The Hall–Kier alpha value is -2.48. The van der Waals surface area contributed by atoms with Gasteiger partial charge in [0.1, 0.15) is 0 Å². The molecule has 7 heteroatoms. The fourth-order valence-electron chi connectivity index (χ4n) is 4.43. The minimum absolute atomic E-state index is 0.170. The van der Waals surface area contributed by atoms with E-state index in [0.29, 0.717) is 11.3 Å². The quantitative estimate of drug-likeness (QED) is 0.516. The Morgan fingerprint density at radius 2 is 1.30 bits per heavy atom. The Kier molecular flexibility index (Phi) is 6.75. The first-order chi connectivity index (χ1) is 15.7. The summed E-state index contributed by atoms with van der Waals surface area (Å²) in [7, 11) is -7.31. The second-order valence-corrected chi connectivity index (χ2v) is 12.9. The van der Waals surface area contributed by atoms with Gasteiger partial charge >= 0.3 is 0 Å². The fraction of sp³-hybridized carbons (Fsp3) is 0.308. The van der Waals surface area contributed by atoms with Crippen molar-refractivity contribution < 1.29 is 16.8 Å². The van der Waals surface area contributed by atoms with Gasteiger partial charge in [-0.1, -0.05) is 65.7 Å². The third-order valence-corrected chi connectivity index (χ3v) is 10.5. The zero-order chi connectivity index (χ0) is 23.6. The standard InChI is InChI=1S/C26H29NO4S2/c1-20-8-12-24(13-9-20)32(28,29)26-16-17-27(23(19-26)18-22-6-4-3-5-7-22)33(30,31)25-14-10-21(2)11-15-25/h3-15,23,26H,16-19H2,1-2H3. The lowest BCUT2D eigenvalue weighted by Crippen LogP contribution is -2.50. The summed E-state index contributed by atoms with van der Waals surface area (Å²) >= 11 is 0. The predicted octanol–water partition coefficient (Wildman–Crippen LogP) is 4.54. The average Bonchev–Trinajstić information content (AvgIpc) is 2.80. The molecule has 33 heavy (non-hydrogen) atoms.